The largest absolute Gasteiger partial charge is 0.328 e. The molecule has 0 spiro atoms. The Hall–Kier alpha value is -2.73. The molecule has 0 bridgehead atoms. The summed E-state index contributed by atoms with van der Waals surface area (Å²) in [5, 5.41) is 1.03. The minimum atomic E-state index is 0.000286. The Morgan fingerprint density at radius 3 is 2.96 bits per heavy atom. The van der Waals surface area contributed by atoms with Crippen LogP contribution in [0.15, 0.2) is 48.8 Å². The number of carbonyl (C=O) groups is 1. The summed E-state index contributed by atoms with van der Waals surface area (Å²) in [6.07, 6.45) is 6.89. The number of hydrogen-bond acceptors (Lipinski definition) is 4. The van der Waals surface area contributed by atoms with E-state index in [9.17, 15) is 4.79 Å². The van der Waals surface area contributed by atoms with Gasteiger partial charge in [0.1, 0.15) is 16.3 Å². The van der Waals surface area contributed by atoms with E-state index in [1.807, 2.05) is 58.9 Å². The molecule has 1 atom stereocenters. The Morgan fingerprint density at radius 2 is 2.07 bits per heavy atom. The number of imidazole rings is 1. The highest BCUT2D eigenvalue weighted by Crippen LogP contribution is 2.36. The van der Waals surface area contributed by atoms with Gasteiger partial charge in [-0.1, -0.05) is 12.1 Å². The number of aromatic nitrogens is 3. The second kappa shape index (κ2) is 6.46. The Kier molecular flexibility index (Phi) is 3.93. The molecule has 0 unspecified atom stereocenters. The van der Waals surface area contributed by atoms with Crippen molar-refractivity contribution >= 4 is 33.1 Å². The van der Waals surface area contributed by atoms with Gasteiger partial charge in [0, 0.05) is 18.9 Å². The zero-order valence-corrected chi connectivity index (χ0v) is 15.9. The van der Waals surface area contributed by atoms with Crippen molar-refractivity contribution in [2.75, 3.05) is 6.54 Å². The van der Waals surface area contributed by atoms with Crippen molar-refractivity contribution in [3.05, 3.63) is 65.1 Å². The van der Waals surface area contributed by atoms with E-state index in [0.717, 1.165) is 47.5 Å². The molecule has 4 heterocycles. The fourth-order valence-corrected chi connectivity index (χ4v) is 4.91. The van der Waals surface area contributed by atoms with Crippen LogP contribution < -0.4 is 0 Å². The van der Waals surface area contributed by atoms with Crippen LogP contribution in [0.5, 0.6) is 0 Å². The molecule has 0 N–H and O–H groups in total. The molecule has 5 nitrogen and oxygen atoms in total. The number of benzene rings is 1. The second-order valence-corrected chi connectivity index (χ2v) is 8.19. The number of nitrogens with zero attached hydrogens (tertiary/aromatic N) is 4. The molecule has 3 aromatic heterocycles. The van der Waals surface area contributed by atoms with Crippen LogP contribution in [0, 0.1) is 6.92 Å². The van der Waals surface area contributed by atoms with Crippen LogP contribution in [0.1, 0.15) is 46.4 Å². The molecule has 1 aliphatic heterocycles. The van der Waals surface area contributed by atoms with E-state index in [-0.39, 0.29) is 11.9 Å². The van der Waals surface area contributed by atoms with Crippen molar-refractivity contribution < 1.29 is 4.79 Å². The Morgan fingerprint density at radius 1 is 1.19 bits per heavy atom. The highest BCUT2D eigenvalue weighted by Gasteiger charge is 2.32. The number of hydrogen-bond donors (Lipinski definition) is 0. The molecule has 0 aliphatic carbocycles. The SMILES string of the molecule is Cc1ccn2cc(C(=O)N3CCCC[C@@H]3c3nc4ccccc4s3)nc2c1. The average Bonchev–Trinajstić information content (AvgIpc) is 3.31. The monoisotopic (exact) mass is 376 g/mol. The number of aryl methyl sites for hydroxylation is 1. The van der Waals surface area contributed by atoms with Gasteiger partial charge >= 0.3 is 0 Å². The number of rotatable bonds is 2. The van der Waals surface area contributed by atoms with Crippen molar-refractivity contribution in [2.45, 2.75) is 32.2 Å². The standard InChI is InChI=1S/C21H20N4OS/c1-14-9-11-24-13-16(22-19(24)12-14)21(26)25-10-5-4-7-17(25)20-23-15-6-2-3-8-18(15)27-20/h2-3,6,8-9,11-13,17H,4-5,7,10H2,1H3/t17-/m1/s1. The van der Waals surface area contributed by atoms with Gasteiger partial charge in [0.15, 0.2) is 0 Å². The van der Waals surface area contributed by atoms with Gasteiger partial charge in [0.05, 0.1) is 16.3 Å². The molecule has 1 fully saturated rings. The molecular formula is C21H20N4OS. The lowest BCUT2D eigenvalue weighted by Gasteiger charge is -2.34. The zero-order valence-electron chi connectivity index (χ0n) is 15.1. The molecule has 27 heavy (non-hydrogen) atoms. The smallest absolute Gasteiger partial charge is 0.274 e. The molecule has 0 saturated carbocycles. The van der Waals surface area contributed by atoms with Crippen molar-refractivity contribution in [3.63, 3.8) is 0 Å². The maximum Gasteiger partial charge on any atom is 0.274 e. The topological polar surface area (TPSA) is 50.5 Å². The van der Waals surface area contributed by atoms with Gasteiger partial charge in [-0.05, 0) is 56.0 Å². The summed E-state index contributed by atoms with van der Waals surface area (Å²) >= 11 is 1.70. The molecule has 1 amide bonds. The van der Waals surface area contributed by atoms with E-state index >= 15 is 0 Å². The van der Waals surface area contributed by atoms with Gasteiger partial charge in [-0.15, -0.1) is 11.3 Å². The maximum absolute atomic E-state index is 13.3. The van der Waals surface area contributed by atoms with Gasteiger partial charge in [-0.25, -0.2) is 9.97 Å². The van der Waals surface area contributed by atoms with E-state index in [0.29, 0.717) is 5.69 Å². The molecule has 6 heteroatoms. The molecular weight excluding hydrogens is 356 g/mol. The average molecular weight is 376 g/mol. The third-order valence-corrected chi connectivity index (χ3v) is 6.33. The van der Waals surface area contributed by atoms with Crippen molar-refractivity contribution in [2.24, 2.45) is 0 Å². The highest BCUT2D eigenvalue weighted by atomic mass is 32.1. The number of pyridine rings is 1. The first-order valence-corrected chi connectivity index (χ1v) is 10.1. The molecule has 1 saturated heterocycles. The lowest BCUT2D eigenvalue weighted by Crippen LogP contribution is -2.38. The molecule has 1 aromatic carbocycles. The van der Waals surface area contributed by atoms with Crippen LogP contribution >= 0.6 is 11.3 Å². The summed E-state index contributed by atoms with van der Waals surface area (Å²) in [7, 11) is 0. The van der Waals surface area contributed by atoms with E-state index < -0.39 is 0 Å². The number of para-hydroxylation sites is 1. The first-order chi connectivity index (χ1) is 13.2. The van der Waals surface area contributed by atoms with Gasteiger partial charge in [-0.3, -0.25) is 4.79 Å². The number of thiazole rings is 1. The van der Waals surface area contributed by atoms with Gasteiger partial charge in [0.25, 0.3) is 5.91 Å². The maximum atomic E-state index is 13.3. The number of amides is 1. The van der Waals surface area contributed by atoms with Gasteiger partial charge < -0.3 is 9.30 Å². The van der Waals surface area contributed by atoms with Crippen LogP contribution in [0.3, 0.4) is 0 Å². The summed E-state index contributed by atoms with van der Waals surface area (Å²) in [6.45, 7) is 2.79. The summed E-state index contributed by atoms with van der Waals surface area (Å²) in [5.74, 6) is 0.000286. The minimum absolute atomic E-state index is 0.000286. The third kappa shape index (κ3) is 2.90. The van der Waals surface area contributed by atoms with Crippen molar-refractivity contribution in [1.29, 1.82) is 0 Å². The van der Waals surface area contributed by atoms with E-state index in [4.69, 9.17) is 4.98 Å². The lowest BCUT2D eigenvalue weighted by molar-refractivity contribution is 0.0606. The first kappa shape index (κ1) is 16.4. The van der Waals surface area contributed by atoms with Crippen LogP contribution in [-0.4, -0.2) is 31.7 Å². The number of carbonyl (C=O) groups excluding carboxylic acids is 1. The predicted molar refractivity (Wildman–Crippen MR) is 107 cm³/mol. The molecule has 4 aromatic rings. The van der Waals surface area contributed by atoms with Crippen LogP contribution in [0.4, 0.5) is 0 Å². The Bertz CT molecular complexity index is 1110. The summed E-state index contributed by atoms with van der Waals surface area (Å²) in [6, 6.07) is 12.2. The Labute approximate surface area is 161 Å². The third-order valence-electron chi connectivity index (χ3n) is 5.19. The summed E-state index contributed by atoms with van der Waals surface area (Å²) in [5.41, 5.74) is 3.47. The Balaban J connectivity index is 1.51. The summed E-state index contributed by atoms with van der Waals surface area (Å²) in [4.78, 5) is 24.6. The fourth-order valence-electron chi connectivity index (χ4n) is 3.80. The molecule has 136 valence electrons. The van der Waals surface area contributed by atoms with Gasteiger partial charge in [-0.2, -0.15) is 0 Å². The molecule has 5 rings (SSSR count). The van der Waals surface area contributed by atoms with Crippen LogP contribution in [-0.2, 0) is 0 Å². The van der Waals surface area contributed by atoms with Crippen LogP contribution in [0.2, 0.25) is 0 Å². The number of piperidine rings is 1. The van der Waals surface area contributed by atoms with E-state index in [1.165, 1.54) is 4.70 Å². The number of fused-ring (bicyclic) bond motifs is 2. The summed E-state index contributed by atoms with van der Waals surface area (Å²) < 4.78 is 3.09. The second-order valence-electron chi connectivity index (χ2n) is 7.13. The fraction of sp³-hybridized carbons (Fsp3) is 0.286. The lowest BCUT2D eigenvalue weighted by atomic mass is 10.0. The highest BCUT2D eigenvalue weighted by molar-refractivity contribution is 7.18. The normalized spacial score (nSPS) is 17.7. The number of likely N-dealkylation sites (tertiary alicyclic amines) is 1. The zero-order chi connectivity index (χ0) is 18.4. The van der Waals surface area contributed by atoms with Crippen molar-refractivity contribution in [1.82, 2.24) is 19.3 Å². The van der Waals surface area contributed by atoms with Crippen molar-refractivity contribution in [3.8, 4) is 0 Å². The predicted octanol–water partition coefficient (Wildman–Crippen LogP) is 4.62. The molecule has 1 aliphatic rings. The van der Waals surface area contributed by atoms with E-state index in [1.54, 1.807) is 11.3 Å². The van der Waals surface area contributed by atoms with E-state index in [2.05, 4.69) is 11.1 Å². The quantitative estimate of drug-likeness (QED) is 0.513. The first-order valence-electron chi connectivity index (χ1n) is 9.31. The minimum Gasteiger partial charge on any atom is -0.328 e. The van der Waals surface area contributed by atoms with Gasteiger partial charge in [0.2, 0.25) is 0 Å². The van der Waals surface area contributed by atoms with Crippen LogP contribution in [0.25, 0.3) is 15.9 Å². The molecule has 0 radical (unpaired) electrons.